The summed E-state index contributed by atoms with van der Waals surface area (Å²) < 4.78 is 6.24. The Balaban J connectivity index is 2.15. The van der Waals surface area contributed by atoms with Crippen LogP contribution >= 0.6 is 15.9 Å². The maximum Gasteiger partial charge on any atom is 0.306 e. The molecule has 0 radical (unpaired) electrons. The van der Waals surface area contributed by atoms with Crippen LogP contribution in [0.5, 0.6) is 0 Å². The van der Waals surface area contributed by atoms with Gasteiger partial charge in [-0.15, -0.1) is 0 Å². The quantitative estimate of drug-likeness (QED) is 0.437. The molecule has 0 atom stereocenters. The highest BCUT2D eigenvalue weighted by Gasteiger charge is 2.24. The van der Waals surface area contributed by atoms with Gasteiger partial charge in [-0.25, -0.2) is 0 Å². The zero-order valence-electron chi connectivity index (χ0n) is 9.51. The molecule has 0 aromatic rings. The van der Waals surface area contributed by atoms with Crippen LogP contribution in [-0.4, -0.2) is 49.1 Å². The van der Waals surface area contributed by atoms with Crippen LogP contribution in [-0.2, 0) is 9.53 Å². The molecule has 1 rings (SSSR count). The third kappa shape index (κ3) is 4.98. The van der Waals surface area contributed by atoms with Gasteiger partial charge in [-0.1, -0.05) is 15.9 Å². The van der Waals surface area contributed by atoms with Crippen molar-refractivity contribution >= 4 is 21.9 Å². The van der Waals surface area contributed by atoms with E-state index >= 15 is 0 Å². The van der Waals surface area contributed by atoms with E-state index in [2.05, 4.69) is 23.0 Å². The number of hydrogen-bond donors (Lipinski definition) is 0. The molecule has 1 aliphatic rings. The average molecular weight is 279 g/mol. The van der Waals surface area contributed by atoms with Crippen LogP contribution in [0.3, 0.4) is 0 Å². The lowest BCUT2D eigenvalue weighted by Crippen LogP contribution is -2.49. The van der Waals surface area contributed by atoms with Crippen molar-refractivity contribution in [3.63, 3.8) is 0 Å². The summed E-state index contributed by atoms with van der Waals surface area (Å²) in [6.45, 7) is 4.00. The second kappa shape index (κ2) is 6.48. The molecule has 0 aromatic carbocycles. The molecular formula is C11H21BrNO2+. The number of alkyl halides is 1. The smallest absolute Gasteiger partial charge is 0.306 e. The maximum absolute atomic E-state index is 11.1. The minimum absolute atomic E-state index is 0.0875. The zero-order chi connectivity index (χ0) is 11.1. The average Bonchev–Trinajstić information content (AvgIpc) is 2.19. The lowest BCUT2D eigenvalue weighted by molar-refractivity contribution is -0.914. The maximum atomic E-state index is 11.1. The van der Waals surface area contributed by atoms with Crippen molar-refractivity contribution in [3.8, 4) is 0 Å². The van der Waals surface area contributed by atoms with Crippen molar-refractivity contribution in [1.82, 2.24) is 0 Å². The van der Waals surface area contributed by atoms with Gasteiger partial charge in [-0.3, -0.25) is 4.79 Å². The molecule has 0 spiro atoms. The van der Waals surface area contributed by atoms with E-state index in [1.54, 1.807) is 0 Å². The zero-order valence-corrected chi connectivity index (χ0v) is 11.1. The van der Waals surface area contributed by atoms with E-state index in [0.29, 0.717) is 18.4 Å². The van der Waals surface area contributed by atoms with Gasteiger partial charge in [0.05, 0.1) is 26.6 Å². The van der Waals surface area contributed by atoms with Gasteiger partial charge in [0.25, 0.3) is 0 Å². The molecular weight excluding hydrogens is 258 g/mol. The van der Waals surface area contributed by atoms with E-state index in [1.807, 2.05) is 0 Å². The predicted molar refractivity (Wildman–Crippen MR) is 64.0 cm³/mol. The number of rotatable bonds is 5. The Morgan fingerprint density at radius 1 is 1.33 bits per heavy atom. The topological polar surface area (TPSA) is 26.3 Å². The van der Waals surface area contributed by atoms with E-state index in [4.69, 9.17) is 4.74 Å². The first-order chi connectivity index (χ1) is 7.16. The third-order valence-electron chi connectivity index (χ3n) is 3.09. The molecule has 0 aliphatic carbocycles. The van der Waals surface area contributed by atoms with Crippen LogP contribution in [0.4, 0.5) is 0 Å². The number of quaternary nitrogens is 1. The molecule has 4 heteroatoms. The molecule has 88 valence electrons. The van der Waals surface area contributed by atoms with Gasteiger partial charge < -0.3 is 9.22 Å². The molecule has 15 heavy (non-hydrogen) atoms. The molecule has 1 fully saturated rings. The molecule has 1 aliphatic heterocycles. The van der Waals surface area contributed by atoms with Crippen molar-refractivity contribution < 1.29 is 14.0 Å². The van der Waals surface area contributed by atoms with Crippen molar-refractivity contribution in [3.05, 3.63) is 0 Å². The lowest BCUT2D eigenvalue weighted by atomic mass is 10.1. The first kappa shape index (κ1) is 13.0. The van der Waals surface area contributed by atoms with Crippen LogP contribution in [0.1, 0.15) is 25.7 Å². The number of halogens is 1. The molecule has 1 saturated heterocycles. The fraction of sp³-hybridized carbons (Fsp3) is 0.909. The molecule has 0 unspecified atom stereocenters. The summed E-state index contributed by atoms with van der Waals surface area (Å²) in [5.41, 5.74) is 0. The van der Waals surface area contributed by atoms with Gasteiger partial charge in [0, 0.05) is 5.33 Å². The number of ether oxygens (including phenoxy) is 1. The molecule has 0 amide bonds. The Labute approximate surface area is 100 Å². The molecule has 0 aromatic heterocycles. The van der Waals surface area contributed by atoms with E-state index in [9.17, 15) is 4.79 Å². The highest BCUT2D eigenvalue weighted by molar-refractivity contribution is 9.09. The van der Waals surface area contributed by atoms with Crippen molar-refractivity contribution in [2.24, 2.45) is 0 Å². The number of carbonyl (C=O) groups excluding carboxylic acids is 1. The number of piperidine rings is 1. The highest BCUT2D eigenvalue weighted by Crippen LogP contribution is 2.15. The minimum atomic E-state index is -0.0875. The van der Waals surface area contributed by atoms with Gasteiger partial charge in [-0.05, 0) is 19.3 Å². The van der Waals surface area contributed by atoms with E-state index in [0.717, 1.165) is 11.0 Å². The Bertz CT molecular complexity index is 203. The van der Waals surface area contributed by atoms with Crippen molar-refractivity contribution in [1.29, 1.82) is 0 Å². The Morgan fingerprint density at radius 3 is 2.60 bits per heavy atom. The van der Waals surface area contributed by atoms with Crippen molar-refractivity contribution in [2.75, 3.05) is 38.6 Å². The van der Waals surface area contributed by atoms with E-state index < -0.39 is 0 Å². The fourth-order valence-corrected chi connectivity index (χ4v) is 2.35. The number of likely N-dealkylation sites (N-methyl/N-ethyl adjacent to an activating group) is 1. The standard InChI is InChI=1S/C11H21BrNO2/c1-13(7-3-2-4-8-13)9-10-15-11(14)5-6-12/h2-10H2,1H3/q+1. The fourth-order valence-electron chi connectivity index (χ4n) is 2.03. The minimum Gasteiger partial charge on any atom is -0.460 e. The third-order valence-corrected chi connectivity index (χ3v) is 3.49. The molecule has 3 nitrogen and oxygen atoms in total. The predicted octanol–water partition coefficient (Wildman–Crippen LogP) is 1.95. The normalized spacial score (nSPS) is 19.9. The van der Waals surface area contributed by atoms with Crippen molar-refractivity contribution in [2.45, 2.75) is 25.7 Å². The summed E-state index contributed by atoms with van der Waals surface area (Å²) in [6.07, 6.45) is 4.46. The Hall–Kier alpha value is -0.0900. The van der Waals surface area contributed by atoms with Gasteiger partial charge >= 0.3 is 5.97 Å². The number of likely N-dealkylation sites (tertiary alicyclic amines) is 1. The highest BCUT2D eigenvalue weighted by atomic mass is 79.9. The lowest BCUT2D eigenvalue weighted by Gasteiger charge is -2.37. The summed E-state index contributed by atoms with van der Waals surface area (Å²) >= 11 is 3.22. The van der Waals surface area contributed by atoms with Gasteiger partial charge in [0.2, 0.25) is 0 Å². The molecule has 1 heterocycles. The summed E-state index contributed by atoms with van der Waals surface area (Å²) in [6, 6.07) is 0. The first-order valence-electron chi connectivity index (χ1n) is 5.71. The van der Waals surface area contributed by atoms with Crippen LogP contribution in [0, 0.1) is 0 Å². The Kier molecular flexibility index (Phi) is 5.61. The number of hydrogen-bond acceptors (Lipinski definition) is 2. The summed E-state index contributed by atoms with van der Waals surface area (Å²) in [4.78, 5) is 11.1. The second-order valence-electron chi connectivity index (χ2n) is 4.51. The summed E-state index contributed by atoms with van der Waals surface area (Å²) in [7, 11) is 2.26. The summed E-state index contributed by atoms with van der Waals surface area (Å²) in [5.74, 6) is -0.0875. The molecule has 0 N–H and O–H groups in total. The molecule has 0 saturated carbocycles. The number of esters is 1. The van der Waals surface area contributed by atoms with Gasteiger partial charge in [-0.2, -0.15) is 0 Å². The van der Waals surface area contributed by atoms with E-state index in [1.165, 1.54) is 32.4 Å². The van der Waals surface area contributed by atoms with E-state index in [-0.39, 0.29) is 5.97 Å². The molecule has 0 bridgehead atoms. The Morgan fingerprint density at radius 2 is 2.00 bits per heavy atom. The monoisotopic (exact) mass is 278 g/mol. The van der Waals surface area contributed by atoms with Gasteiger partial charge in [0.15, 0.2) is 0 Å². The first-order valence-corrected chi connectivity index (χ1v) is 6.84. The largest absolute Gasteiger partial charge is 0.460 e. The SMILES string of the molecule is C[N+]1(CCOC(=O)CCBr)CCCCC1. The van der Waals surface area contributed by atoms with Gasteiger partial charge in [0.1, 0.15) is 13.2 Å². The van der Waals surface area contributed by atoms with Crippen LogP contribution in [0.25, 0.3) is 0 Å². The number of carbonyl (C=O) groups is 1. The second-order valence-corrected chi connectivity index (χ2v) is 5.30. The van der Waals surface area contributed by atoms with Crippen LogP contribution < -0.4 is 0 Å². The number of nitrogens with zero attached hydrogens (tertiary/aromatic N) is 1. The van der Waals surface area contributed by atoms with Crippen LogP contribution in [0.15, 0.2) is 0 Å². The van der Waals surface area contributed by atoms with Crippen LogP contribution in [0.2, 0.25) is 0 Å². The summed E-state index contributed by atoms with van der Waals surface area (Å²) in [5, 5.41) is 0.692.